The van der Waals surface area contributed by atoms with Gasteiger partial charge in [-0.1, -0.05) is 5.46 Å². The molecule has 1 aromatic carbocycles. The molecule has 0 unspecified atom stereocenters. The summed E-state index contributed by atoms with van der Waals surface area (Å²) in [4.78, 5) is 15.5. The second kappa shape index (κ2) is 5.52. The molecule has 2 rings (SSSR count). The number of nitrogens with zero attached hydrogens (tertiary/aromatic N) is 1. The summed E-state index contributed by atoms with van der Waals surface area (Å²) < 4.78 is 22.8. The molecule has 2 radical (unpaired) electrons. The van der Waals surface area contributed by atoms with Crippen LogP contribution in [-0.4, -0.2) is 25.9 Å². The Bertz CT molecular complexity index is 601. The van der Waals surface area contributed by atoms with E-state index in [0.29, 0.717) is 11.2 Å². The smallest absolute Gasteiger partial charge is 0.343 e. The van der Waals surface area contributed by atoms with Gasteiger partial charge in [0.1, 0.15) is 25.0 Å². The second-order valence-corrected chi connectivity index (χ2v) is 3.67. The number of hydrogen-bond acceptors (Lipinski definition) is 4. The third kappa shape index (κ3) is 3.10. The lowest BCUT2D eigenvalue weighted by atomic mass is 9.97. The number of pyridine rings is 1. The van der Waals surface area contributed by atoms with Gasteiger partial charge >= 0.3 is 5.97 Å². The number of methoxy groups -OCH3 is 1. The number of carbonyl (C=O) groups excluding carboxylic acids is 1. The minimum absolute atomic E-state index is 0.0488. The third-order valence-corrected chi connectivity index (χ3v) is 2.31. The van der Waals surface area contributed by atoms with Crippen molar-refractivity contribution >= 4 is 19.3 Å². The molecule has 0 saturated carbocycles. The van der Waals surface area contributed by atoms with Crippen LogP contribution in [0.1, 0.15) is 10.4 Å². The van der Waals surface area contributed by atoms with Gasteiger partial charge in [-0.25, -0.2) is 14.2 Å². The molecule has 19 heavy (non-hydrogen) atoms. The van der Waals surface area contributed by atoms with Crippen LogP contribution in [0.5, 0.6) is 11.6 Å². The van der Waals surface area contributed by atoms with Crippen LogP contribution < -0.4 is 10.2 Å². The van der Waals surface area contributed by atoms with Crippen molar-refractivity contribution in [3.05, 3.63) is 47.9 Å². The molecule has 0 aliphatic rings. The monoisotopic (exact) mass is 257 g/mol. The Morgan fingerprint density at radius 1 is 1.32 bits per heavy atom. The molecule has 0 amide bonds. The zero-order chi connectivity index (χ0) is 13.8. The van der Waals surface area contributed by atoms with E-state index in [-0.39, 0.29) is 17.3 Å². The van der Waals surface area contributed by atoms with Gasteiger partial charge < -0.3 is 9.47 Å². The number of benzene rings is 1. The van der Waals surface area contributed by atoms with Crippen LogP contribution in [0.2, 0.25) is 0 Å². The van der Waals surface area contributed by atoms with Crippen LogP contribution in [0.25, 0.3) is 0 Å². The van der Waals surface area contributed by atoms with E-state index in [1.165, 1.54) is 43.6 Å². The van der Waals surface area contributed by atoms with E-state index >= 15 is 0 Å². The normalized spacial score (nSPS) is 10.0. The number of halogens is 1. The number of hydrogen-bond donors (Lipinski definition) is 0. The lowest BCUT2D eigenvalue weighted by molar-refractivity contribution is 0.0597. The first-order valence-electron chi connectivity index (χ1n) is 5.37. The fraction of sp³-hybridized carbons (Fsp3) is 0.0769. The topological polar surface area (TPSA) is 48.4 Å². The van der Waals surface area contributed by atoms with Crippen molar-refractivity contribution in [2.75, 3.05) is 7.11 Å². The van der Waals surface area contributed by atoms with E-state index in [4.69, 9.17) is 12.6 Å². The van der Waals surface area contributed by atoms with E-state index in [2.05, 4.69) is 9.72 Å². The maximum absolute atomic E-state index is 12.8. The number of aromatic nitrogens is 1. The summed E-state index contributed by atoms with van der Waals surface area (Å²) in [5.41, 5.74) is 0.415. The van der Waals surface area contributed by atoms with Gasteiger partial charge in [0.05, 0.1) is 7.11 Å². The van der Waals surface area contributed by atoms with Gasteiger partial charge in [-0.2, -0.15) is 0 Å². The SMILES string of the molecule is [B]c1cnc(Oc2ccc(F)cc2)c(C(=O)OC)c1. The Balaban J connectivity index is 2.34. The minimum Gasteiger partial charge on any atom is -0.465 e. The average Bonchev–Trinajstić information content (AvgIpc) is 2.42. The molecule has 0 N–H and O–H groups in total. The van der Waals surface area contributed by atoms with Crippen LogP contribution in [0.3, 0.4) is 0 Å². The van der Waals surface area contributed by atoms with Crippen molar-refractivity contribution in [1.82, 2.24) is 4.98 Å². The Labute approximate surface area is 110 Å². The zero-order valence-electron chi connectivity index (χ0n) is 10.1. The Morgan fingerprint density at radius 3 is 2.63 bits per heavy atom. The van der Waals surface area contributed by atoms with Gasteiger partial charge in [0, 0.05) is 6.20 Å². The van der Waals surface area contributed by atoms with Gasteiger partial charge in [0.25, 0.3) is 0 Å². The molecule has 2 aromatic rings. The molecule has 6 heteroatoms. The van der Waals surface area contributed by atoms with Crippen LogP contribution in [0.4, 0.5) is 4.39 Å². The number of esters is 1. The maximum Gasteiger partial charge on any atom is 0.343 e. The molecule has 1 aromatic heterocycles. The molecule has 1 heterocycles. The highest BCUT2D eigenvalue weighted by molar-refractivity contribution is 6.32. The molecular weight excluding hydrogens is 248 g/mol. The standard InChI is InChI=1S/C13H9BFNO3/c1-18-13(17)11-6-8(14)7-16-12(11)19-10-4-2-9(15)3-5-10/h2-7H,1H3. The molecule has 0 bridgehead atoms. The highest BCUT2D eigenvalue weighted by Crippen LogP contribution is 2.22. The first kappa shape index (κ1) is 13.1. The summed E-state index contributed by atoms with van der Waals surface area (Å²) in [5.74, 6) is -0.598. The zero-order valence-corrected chi connectivity index (χ0v) is 10.1. The Hall–Kier alpha value is -2.37. The first-order valence-corrected chi connectivity index (χ1v) is 5.37. The molecule has 0 aliphatic carbocycles. The summed E-state index contributed by atoms with van der Waals surface area (Å²) in [6.07, 6.45) is 1.35. The molecule has 0 saturated heterocycles. The lowest BCUT2D eigenvalue weighted by Gasteiger charge is -2.09. The average molecular weight is 257 g/mol. The number of carbonyl (C=O) groups is 1. The molecule has 94 valence electrons. The predicted octanol–water partition coefficient (Wildman–Crippen LogP) is 1.59. The van der Waals surface area contributed by atoms with Crippen LogP contribution in [-0.2, 0) is 4.74 Å². The first-order chi connectivity index (χ1) is 9.10. The van der Waals surface area contributed by atoms with Gasteiger partial charge in [-0.05, 0) is 30.3 Å². The van der Waals surface area contributed by atoms with Crippen molar-refractivity contribution in [2.45, 2.75) is 0 Å². The van der Waals surface area contributed by atoms with Crippen LogP contribution in [0, 0.1) is 5.82 Å². The van der Waals surface area contributed by atoms with Gasteiger partial charge in [0.2, 0.25) is 5.88 Å². The summed E-state index contributed by atoms with van der Waals surface area (Å²) in [6, 6.07) is 6.73. The third-order valence-electron chi connectivity index (χ3n) is 2.31. The molecule has 0 aliphatic heterocycles. The van der Waals surface area contributed by atoms with Crippen molar-refractivity contribution in [2.24, 2.45) is 0 Å². The van der Waals surface area contributed by atoms with Crippen LogP contribution in [0.15, 0.2) is 36.5 Å². The van der Waals surface area contributed by atoms with Gasteiger partial charge in [-0.3, -0.25) is 0 Å². The van der Waals surface area contributed by atoms with E-state index in [9.17, 15) is 9.18 Å². The fourth-order valence-electron chi connectivity index (χ4n) is 1.42. The summed E-state index contributed by atoms with van der Waals surface area (Å²) in [5, 5.41) is 0. The molecule has 4 nitrogen and oxygen atoms in total. The van der Waals surface area contributed by atoms with E-state index < -0.39 is 5.97 Å². The Kier molecular flexibility index (Phi) is 3.80. The van der Waals surface area contributed by atoms with Gasteiger partial charge in [0.15, 0.2) is 0 Å². The van der Waals surface area contributed by atoms with Crippen molar-refractivity contribution in [1.29, 1.82) is 0 Å². The molecular formula is C13H9BFNO3. The summed E-state index contributed by atoms with van der Waals surface area (Å²) >= 11 is 0. The van der Waals surface area contributed by atoms with Crippen molar-refractivity contribution < 1.29 is 18.7 Å². The lowest BCUT2D eigenvalue weighted by Crippen LogP contribution is -2.12. The predicted molar refractivity (Wildman–Crippen MR) is 67.4 cm³/mol. The number of ether oxygens (including phenoxy) is 2. The van der Waals surface area contributed by atoms with Crippen LogP contribution >= 0.6 is 0 Å². The van der Waals surface area contributed by atoms with Crippen molar-refractivity contribution in [3.8, 4) is 11.6 Å². The van der Waals surface area contributed by atoms with Crippen molar-refractivity contribution in [3.63, 3.8) is 0 Å². The van der Waals surface area contributed by atoms with E-state index in [1.54, 1.807) is 0 Å². The molecule has 0 spiro atoms. The largest absolute Gasteiger partial charge is 0.465 e. The second-order valence-electron chi connectivity index (χ2n) is 3.67. The quantitative estimate of drug-likeness (QED) is 0.618. The minimum atomic E-state index is -0.614. The van der Waals surface area contributed by atoms with E-state index in [1.807, 2.05) is 0 Å². The fourth-order valence-corrected chi connectivity index (χ4v) is 1.42. The highest BCUT2D eigenvalue weighted by Gasteiger charge is 2.15. The Morgan fingerprint density at radius 2 is 2.00 bits per heavy atom. The maximum atomic E-state index is 12.8. The van der Waals surface area contributed by atoms with Gasteiger partial charge in [-0.15, -0.1) is 0 Å². The molecule has 0 fully saturated rings. The molecule has 0 atom stereocenters. The van der Waals surface area contributed by atoms with E-state index in [0.717, 1.165) is 0 Å². The summed E-state index contributed by atoms with van der Waals surface area (Å²) in [6.45, 7) is 0. The number of rotatable bonds is 3. The highest BCUT2D eigenvalue weighted by atomic mass is 19.1. The summed E-state index contributed by atoms with van der Waals surface area (Å²) in [7, 11) is 6.80.